The average Bonchev–Trinajstić information content (AvgIpc) is 3.31. The van der Waals surface area contributed by atoms with Crippen molar-refractivity contribution >= 4 is 23.6 Å². The van der Waals surface area contributed by atoms with E-state index in [0.29, 0.717) is 38.5 Å². The van der Waals surface area contributed by atoms with Gasteiger partial charge in [-0.05, 0) is 23.8 Å². The van der Waals surface area contributed by atoms with Crippen LogP contribution >= 0.6 is 11.8 Å². The van der Waals surface area contributed by atoms with Crippen LogP contribution in [0.3, 0.4) is 0 Å². The van der Waals surface area contributed by atoms with Crippen LogP contribution in [0.15, 0.2) is 11.0 Å². The summed E-state index contributed by atoms with van der Waals surface area (Å²) in [6.07, 6.45) is 3.43. The van der Waals surface area contributed by atoms with E-state index >= 15 is 0 Å². The Balaban J connectivity index is 1.55. The first-order valence-electron chi connectivity index (χ1n) is 9.99. The van der Waals surface area contributed by atoms with Crippen molar-refractivity contribution < 1.29 is 23.8 Å². The number of ether oxygens (including phenoxy) is 3. The number of fused-ring (bicyclic) bond motifs is 2. The quantitative estimate of drug-likeness (QED) is 0.666. The van der Waals surface area contributed by atoms with Crippen molar-refractivity contribution in [2.75, 3.05) is 38.9 Å². The van der Waals surface area contributed by atoms with E-state index in [9.17, 15) is 14.4 Å². The highest BCUT2D eigenvalue weighted by atomic mass is 32.2. The molecule has 3 aliphatic rings. The number of rotatable bonds is 5. The molecular formula is C20H27N3O6S. The molecule has 1 aromatic heterocycles. The summed E-state index contributed by atoms with van der Waals surface area (Å²) in [4.78, 5) is 40.0. The number of thioether (sulfide) groups is 1. The molecule has 4 atom stereocenters. The number of carbonyl (C=O) groups excluding carboxylic acids is 2. The highest BCUT2D eigenvalue weighted by molar-refractivity contribution is 7.99. The Morgan fingerprint density at radius 2 is 2.07 bits per heavy atom. The lowest BCUT2D eigenvalue weighted by Crippen LogP contribution is -2.47. The normalized spacial score (nSPS) is 27.6. The number of nitrogens with one attached hydrogen (secondary N) is 1. The van der Waals surface area contributed by atoms with E-state index in [1.54, 1.807) is 25.3 Å². The average molecular weight is 438 g/mol. The minimum absolute atomic E-state index is 0.0632. The number of hydrogen-bond donors (Lipinski definition) is 1. The summed E-state index contributed by atoms with van der Waals surface area (Å²) >= 11 is 1.48. The van der Waals surface area contributed by atoms with Crippen molar-refractivity contribution in [2.24, 2.45) is 7.05 Å². The Morgan fingerprint density at radius 1 is 1.30 bits per heavy atom. The molecule has 0 saturated carbocycles. The zero-order chi connectivity index (χ0) is 21.4. The first-order chi connectivity index (χ1) is 14.4. The molecule has 4 heterocycles. The van der Waals surface area contributed by atoms with E-state index in [1.165, 1.54) is 16.3 Å². The molecule has 164 valence electrons. The zero-order valence-corrected chi connectivity index (χ0v) is 18.2. The van der Waals surface area contributed by atoms with E-state index in [-0.39, 0.29) is 41.4 Å². The van der Waals surface area contributed by atoms with Crippen molar-refractivity contribution in [3.63, 3.8) is 0 Å². The van der Waals surface area contributed by atoms with Crippen LogP contribution in [0, 0.1) is 0 Å². The minimum atomic E-state index is -0.421. The molecule has 3 aliphatic heterocycles. The van der Waals surface area contributed by atoms with Gasteiger partial charge in [0.25, 0.3) is 11.5 Å². The largest absolute Gasteiger partial charge is 0.376 e. The number of amides is 2. The number of hydrogen-bond acceptors (Lipinski definition) is 7. The van der Waals surface area contributed by atoms with E-state index in [4.69, 9.17) is 14.2 Å². The molecule has 10 heteroatoms. The lowest BCUT2D eigenvalue weighted by atomic mass is 9.95. The van der Waals surface area contributed by atoms with Gasteiger partial charge < -0.3 is 29.0 Å². The summed E-state index contributed by atoms with van der Waals surface area (Å²) in [6.45, 7) is 1.63. The topological polar surface area (TPSA) is 99.1 Å². The smallest absolute Gasteiger partial charge is 0.263 e. The van der Waals surface area contributed by atoms with Gasteiger partial charge in [0.1, 0.15) is 23.9 Å². The highest BCUT2D eigenvalue weighted by Crippen LogP contribution is 2.29. The van der Waals surface area contributed by atoms with E-state index in [1.807, 2.05) is 6.26 Å². The predicted molar refractivity (Wildman–Crippen MR) is 111 cm³/mol. The second-order valence-electron chi connectivity index (χ2n) is 7.87. The van der Waals surface area contributed by atoms with Crippen LogP contribution in [0.2, 0.25) is 0 Å². The summed E-state index contributed by atoms with van der Waals surface area (Å²) in [7, 11) is 3.24. The number of nitrogens with zero attached hydrogens (tertiary/aromatic N) is 2. The number of carbonyl (C=O) groups is 2. The minimum Gasteiger partial charge on any atom is -0.376 e. The Labute approximate surface area is 179 Å². The van der Waals surface area contributed by atoms with E-state index in [2.05, 4.69) is 5.32 Å². The Kier molecular flexibility index (Phi) is 6.19. The third-order valence-corrected chi connectivity index (χ3v) is 6.58. The molecule has 0 aromatic carbocycles. The van der Waals surface area contributed by atoms with Gasteiger partial charge in [-0.2, -0.15) is 11.8 Å². The first-order valence-corrected chi connectivity index (χ1v) is 11.4. The lowest BCUT2D eigenvalue weighted by molar-refractivity contribution is -0.129. The van der Waals surface area contributed by atoms with Crippen molar-refractivity contribution in [1.82, 2.24) is 14.8 Å². The number of aromatic nitrogens is 1. The summed E-state index contributed by atoms with van der Waals surface area (Å²) in [5.41, 5.74) is 1.37. The van der Waals surface area contributed by atoms with Crippen LogP contribution in [0.4, 0.5) is 0 Å². The third-order valence-electron chi connectivity index (χ3n) is 6.04. The maximum Gasteiger partial charge on any atom is 0.263 e. The van der Waals surface area contributed by atoms with Crippen LogP contribution in [-0.2, 0) is 39.0 Å². The molecule has 0 bridgehead atoms. The van der Waals surface area contributed by atoms with Crippen molar-refractivity contribution in [1.29, 1.82) is 0 Å². The van der Waals surface area contributed by atoms with Gasteiger partial charge in [-0.15, -0.1) is 0 Å². The number of methoxy groups -OCH3 is 1. The molecule has 1 aromatic rings. The molecule has 30 heavy (non-hydrogen) atoms. The molecule has 2 amide bonds. The second-order valence-corrected chi connectivity index (χ2v) is 8.74. The second kappa shape index (κ2) is 8.70. The molecule has 0 spiro atoms. The van der Waals surface area contributed by atoms with Gasteiger partial charge in [0.2, 0.25) is 5.91 Å². The molecule has 0 radical (unpaired) electrons. The van der Waals surface area contributed by atoms with Gasteiger partial charge >= 0.3 is 0 Å². The fraction of sp³-hybridized carbons (Fsp3) is 0.650. The summed E-state index contributed by atoms with van der Waals surface area (Å²) in [6, 6.07) is -0.341. The highest BCUT2D eigenvalue weighted by Gasteiger charge is 2.48. The Bertz CT molecular complexity index is 903. The molecule has 2 saturated heterocycles. The summed E-state index contributed by atoms with van der Waals surface area (Å²) < 4.78 is 18.3. The Morgan fingerprint density at radius 3 is 2.80 bits per heavy atom. The van der Waals surface area contributed by atoms with Crippen molar-refractivity contribution in [2.45, 2.75) is 37.3 Å². The van der Waals surface area contributed by atoms with Crippen LogP contribution in [0.5, 0.6) is 0 Å². The third kappa shape index (κ3) is 3.77. The van der Waals surface area contributed by atoms with Crippen LogP contribution in [-0.4, -0.2) is 84.5 Å². The van der Waals surface area contributed by atoms with Crippen LogP contribution < -0.4 is 10.9 Å². The lowest BCUT2D eigenvalue weighted by Gasteiger charge is -2.30. The van der Waals surface area contributed by atoms with Gasteiger partial charge in [0, 0.05) is 33.4 Å². The summed E-state index contributed by atoms with van der Waals surface area (Å²) in [5, 5.41) is 2.94. The van der Waals surface area contributed by atoms with Crippen LogP contribution in [0.1, 0.15) is 21.5 Å². The molecular weight excluding hydrogens is 410 g/mol. The maximum absolute atomic E-state index is 13.2. The molecule has 4 rings (SSSR count). The molecule has 2 fully saturated rings. The van der Waals surface area contributed by atoms with Gasteiger partial charge in [-0.25, -0.2) is 0 Å². The summed E-state index contributed by atoms with van der Waals surface area (Å²) in [5.74, 6) is 0.0597. The molecule has 0 aliphatic carbocycles. The van der Waals surface area contributed by atoms with Gasteiger partial charge in [-0.1, -0.05) is 0 Å². The fourth-order valence-electron chi connectivity index (χ4n) is 4.48. The van der Waals surface area contributed by atoms with Crippen molar-refractivity contribution in [3.8, 4) is 0 Å². The predicted octanol–water partition coefficient (Wildman–Crippen LogP) is -0.456. The number of pyridine rings is 1. The van der Waals surface area contributed by atoms with E-state index in [0.717, 1.165) is 11.1 Å². The molecule has 9 nitrogen and oxygen atoms in total. The van der Waals surface area contributed by atoms with Crippen molar-refractivity contribution in [3.05, 3.63) is 33.2 Å². The Hall–Kier alpha value is -1.88. The number of aryl methyl sites for hydroxylation is 1. The monoisotopic (exact) mass is 437 g/mol. The van der Waals surface area contributed by atoms with Crippen LogP contribution in [0.25, 0.3) is 0 Å². The fourth-order valence-corrected chi connectivity index (χ4v) is 4.91. The van der Waals surface area contributed by atoms with Gasteiger partial charge in [0.15, 0.2) is 0 Å². The van der Waals surface area contributed by atoms with E-state index < -0.39 is 5.91 Å². The zero-order valence-electron chi connectivity index (χ0n) is 17.4. The SMILES string of the molecule is CO[C@@H]1CO[C@H]2[C@@H]1OC[C@H]2NC(=O)c1c2c(cn(C)c1=O)CN(C(=O)CSC)CC2. The maximum atomic E-state index is 13.2. The molecule has 1 N–H and O–H groups in total. The van der Waals surface area contributed by atoms with Gasteiger partial charge in [0.05, 0.1) is 25.0 Å². The molecule has 0 unspecified atom stereocenters. The standard InChI is InChI=1S/C20H27N3O6S/c1-22-6-11-7-23(15(24)10-30-3)5-4-12(11)16(20(22)26)19(25)21-13-8-28-18-14(27-2)9-29-17(13)18/h6,13-14,17-18H,4-5,7-10H2,1-3H3,(H,21,25)/t13-,14-,17-,18-/m1/s1. The first kappa shape index (κ1) is 21.4. The van der Waals surface area contributed by atoms with Gasteiger partial charge in [-0.3, -0.25) is 14.4 Å².